The Morgan fingerprint density at radius 2 is 2.38 bits per heavy atom. The van der Waals surface area contributed by atoms with Crippen molar-refractivity contribution in [2.45, 2.75) is 13.8 Å². The molecule has 1 atom stereocenters. The third kappa shape index (κ3) is 3.63. The highest BCUT2D eigenvalue weighted by molar-refractivity contribution is 7.64. The van der Waals surface area contributed by atoms with Crippen molar-refractivity contribution in [3.63, 3.8) is 0 Å². The van der Waals surface area contributed by atoms with Crippen molar-refractivity contribution >= 4 is 16.6 Å². The van der Waals surface area contributed by atoms with Crippen molar-refractivity contribution in [1.82, 2.24) is 0 Å². The van der Waals surface area contributed by atoms with Crippen LogP contribution in [0.5, 0.6) is 0 Å². The van der Waals surface area contributed by atoms with E-state index in [1.165, 1.54) is 0 Å². The highest BCUT2D eigenvalue weighted by Gasteiger charge is 1.84. The van der Waals surface area contributed by atoms with Gasteiger partial charge in [0, 0.05) is 11.3 Å². The normalized spacial score (nSPS) is 10.8. The Labute approximate surface area is 53.2 Å². The first-order valence-electron chi connectivity index (χ1n) is 2.35. The van der Waals surface area contributed by atoms with E-state index < -0.39 is 0 Å². The molecule has 0 aliphatic heterocycles. The summed E-state index contributed by atoms with van der Waals surface area (Å²) in [4.78, 5) is 0. The largest absolute Gasteiger partial charge is 0.213 e. The predicted octanol–water partition coefficient (Wildman–Crippen LogP) is 0.661. The molecule has 0 spiro atoms. The van der Waals surface area contributed by atoms with Gasteiger partial charge in [0.1, 0.15) is 0 Å². The molecular formula is C6H8OS. The minimum absolute atomic E-state index is 0.127. The van der Waals surface area contributed by atoms with E-state index in [2.05, 4.69) is 11.8 Å². The van der Waals surface area contributed by atoms with Gasteiger partial charge in [0.15, 0.2) is 0 Å². The van der Waals surface area contributed by atoms with Gasteiger partial charge in [0.2, 0.25) is 0 Å². The Kier molecular flexibility index (Phi) is 4.29. The summed E-state index contributed by atoms with van der Waals surface area (Å²) >= 11 is 0.472. The average Bonchev–Trinajstić information content (AvgIpc) is 1.68. The van der Waals surface area contributed by atoms with E-state index in [0.717, 1.165) is 0 Å². The van der Waals surface area contributed by atoms with Crippen LogP contribution in [-0.2, 0) is 11.3 Å². The van der Waals surface area contributed by atoms with E-state index in [-0.39, 0.29) is 5.92 Å². The lowest BCUT2D eigenvalue weighted by Gasteiger charge is -1.84. The summed E-state index contributed by atoms with van der Waals surface area (Å²) in [6.45, 7) is 3.65. The van der Waals surface area contributed by atoms with Crippen molar-refractivity contribution in [1.29, 1.82) is 0 Å². The maximum Gasteiger partial charge on any atom is 0.0854 e. The molecule has 2 heteroatoms. The standard InChI is InChI=1S/C6H8OS/c1-3-4-6(2)5-8-7/h5-6H,1-2H3. The van der Waals surface area contributed by atoms with Gasteiger partial charge in [-0.1, -0.05) is 5.92 Å². The summed E-state index contributed by atoms with van der Waals surface area (Å²) in [6, 6.07) is 0. The van der Waals surface area contributed by atoms with E-state index in [9.17, 15) is 4.21 Å². The molecule has 0 aromatic heterocycles. The van der Waals surface area contributed by atoms with E-state index in [0.29, 0.717) is 11.3 Å². The van der Waals surface area contributed by atoms with E-state index in [4.69, 9.17) is 0 Å². The molecule has 0 saturated heterocycles. The molecule has 0 N–H and O–H groups in total. The fourth-order valence-corrected chi connectivity index (χ4v) is 0.580. The van der Waals surface area contributed by atoms with Crippen molar-refractivity contribution in [3.8, 4) is 11.8 Å². The van der Waals surface area contributed by atoms with Crippen LogP contribution < -0.4 is 0 Å². The molecule has 0 aromatic rings. The Morgan fingerprint density at radius 1 is 1.75 bits per heavy atom. The minimum Gasteiger partial charge on any atom is -0.213 e. The van der Waals surface area contributed by atoms with Crippen LogP contribution in [0.3, 0.4) is 0 Å². The van der Waals surface area contributed by atoms with Gasteiger partial charge < -0.3 is 0 Å². The lowest BCUT2D eigenvalue weighted by molar-refractivity contribution is 0.701. The quantitative estimate of drug-likeness (QED) is 0.374. The molecule has 0 heterocycles. The molecule has 44 valence electrons. The molecule has 0 amide bonds. The van der Waals surface area contributed by atoms with Crippen molar-refractivity contribution in [2.24, 2.45) is 5.92 Å². The molecule has 1 nitrogen and oxygen atoms in total. The number of hydrogen-bond acceptors (Lipinski definition) is 1. The predicted molar refractivity (Wildman–Crippen MR) is 36.8 cm³/mol. The van der Waals surface area contributed by atoms with Crippen molar-refractivity contribution < 1.29 is 4.21 Å². The second-order valence-electron chi connectivity index (χ2n) is 1.42. The Bertz CT molecular complexity index is 157. The Hall–Kier alpha value is -0.550. The fourth-order valence-electron chi connectivity index (χ4n) is 0.345. The van der Waals surface area contributed by atoms with Gasteiger partial charge in [-0.05, 0) is 13.8 Å². The molecule has 0 rings (SSSR count). The molecule has 0 fully saturated rings. The molecule has 0 bridgehead atoms. The molecule has 0 saturated carbocycles. The van der Waals surface area contributed by atoms with Crippen LogP contribution in [0, 0.1) is 17.8 Å². The van der Waals surface area contributed by atoms with Gasteiger partial charge in [-0.15, -0.1) is 5.92 Å². The fraction of sp³-hybridized carbons (Fsp3) is 0.500. The summed E-state index contributed by atoms with van der Waals surface area (Å²) in [5, 5.41) is 1.57. The van der Waals surface area contributed by atoms with Crippen molar-refractivity contribution in [2.75, 3.05) is 0 Å². The molecule has 1 unspecified atom stereocenters. The second kappa shape index (κ2) is 4.61. The zero-order valence-electron chi connectivity index (χ0n) is 4.97. The van der Waals surface area contributed by atoms with Crippen LogP contribution in [0.4, 0.5) is 0 Å². The van der Waals surface area contributed by atoms with Gasteiger partial charge in [-0.25, -0.2) is 4.21 Å². The van der Waals surface area contributed by atoms with Gasteiger partial charge in [0.05, 0.1) is 11.3 Å². The van der Waals surface area contributed by atoms with Gasteiger partial charge >= 0.3 is 0 Å². The monoisotopic (exact) mass is 128 g/mol. The second-order valence-corrected chi connectivity index (χ2v) is 1.88. The van der Waals surface area contributed by atoms with Crippen molar-refractivity contribution in [3.05, 3.63) is 0 Å². The average molecular weight is 128 g/mol. The summed E-state index contributed by atoms with van der Waals surface area (Å²) in [5.41, 5.74) is 0. The third-order valence-electron chi connectivity index (χ3n) is 0.632. The summed E-state index contributed by atoms with van der Waals surface area (Å²) in [7, 11) is 0. The van der Waals surface area contributed by atoms with Crippen LogP contribution in [0.2, 0.25) is 0 Å². The van der Waals surface area contributed by atoms with Gasteiger partial charge in [-0.3, -0.25) is 0 Å². The molecule has 0 radical (unpaired) electrons. The Balaban J connectivity index is 3.76. The third-order valence-corrected chi connectivity index (χ3v) is 1.15. The van der Waals surface area contributed by atoms with Crippen LogP contribution in [0.15, 0.2) is 0 Å². The van der Waals surface area contributed by atoms with Crippen LogP contribution in [-0.4, -0.2) is 9.58 Å². The van der Waals surface area contributed by atoms with E-state index in [1.807, 2.05) is 6.92 Å². The first kappa shape index (κ1) is 7.45. The molecule has 0 aliphatic rings. The summed E-state index contributed by atoms with van der Waals surface area (Å²) in [5.74, 6) is 5.67. The molecule has 0 aliphatic carbocycles. The highest BCUT2D eigenvalue weighted by Crippen LogP contribution is 1.82. The van der Waals surface area contributed by atoms with Gasteiger partial charge in [-0.2, -0.15) is 0 Å². The summed E-state index contributed by atoms with van der Waals surface area (Å²) < 4.78 is 9.81. The van der Waals surface area contributed by atoms with E-state index in [1.54, 1.807) is 12.3 Å². The van der Waals surface area contributed by atoms with Gasteiger partial charge in [0.25, 0.3) is 0 Å². The van der Waals surface area contributed by atoms with Crippen LogP contribution in [0.1, 0.15) is 13.8 Å². The highest BCUT2D eigenvalue weighted by atomic mass is 32.1. The number of rotatable bonds is 1. The molecule has 8 heavy (non-hydrogen) atoms. The topological polar surface area (TPSA) is 17.1 Å². The SMILES string of the molecule is CC#CC(C)C=S=O. The molecule has 0 aromatic carbocycles. The maximum atomic E-state index is 9.81. The minimum atomic E-state index is 0.127. The lowest BCUT2D eigenvalue weighted by Crippen LogP contribution is -1.88. The smallest absolute Gasteiger partial charge is 0.0854 e. The first-order chi connectivity index (χ1) is 3.81. The number of hydrogen-bond donors (Lipinski definition) is 0. The summed E-state index contributed by atoms with van der Waals surface area (Å²) in [6.07, 6.45) is 0. The van der Waals surface area contributed by atoms with E-state index >= 15 is 0 Å². The maximum absolute atomic E-state index is 9.81. The lowest BCUT2D eigenvalue weighted by atomic mass is 10.2. The zero-order chi connectivity index (χ0) is 6.41. The zero-order valence-corrected chi connectivity index (χ0v) is 5.79. The Morgan fingerprint density at radius 3 is 2.75 bits per heavy atom. The molecular weight excluding hydrogens is 120 g/mol. The first-order valence-corrected chi connectivity index (χ1v) is 3.16. The van der Waals surface area contributed by atoms with Crippen LogP contribution in [0.25, 0.3) is 0 Å². The van der Waals surface area contributed by atoms with Crippen LogP contribution >= 0.6 is 0 Å².